The molecule has 14 heavy (non-hydrogen) atoms. The van der Waals surface area contributed by atoms with Crippen LogP contribution in [0.1, 0.15) is 27.7 Å². The minimum absolute atomic E-state index is 0.793. The van der Waals surface area contributed by atoms with Crippen LogP contribution >= 0.6 is 0 Å². The van der Waals surface area contributed by atoms with Crippen molar-refractivity contribution in [3.8, 4) is 0 Å². The molecule has 2 nitrogen and oxygen atoms in total. The fourth-order valence-electron chi connectivity index (χ4n) is 2.12. The molecule has 0 amide bonds. The highest BCUT2D eigenvalue weighted by atomic mass is 15.1. The third-order valence-corrected chi connectivity index (χ3v) is 3.23. The quantitative estimate of drug-likeness (QED) is 0.700. The van der Waals surface area contributed by atoms with E-state index in [1.165, 1.54) is 32.7 Å². The molecule has 1 unspecified atom stereocenters. The van der Waals surface area contributed by atoms with Crippen LogP contribution in [0.5, 0.6) is 0 Å². The topological polar surface area (TPSA) is 15.3 Å². The molecule has 1 heterocycles. The van der Waals surface area contributed by atoms with E-state index in [0.29, 0.717) is 0 Å². The van der Waals surface area contributed by atoms with Crippen LogP contribution in [-0.4, -0.2) is 37.6 Å². The SMILES string of the molecule is CCN(CC(C)C)CC(C)C1CNC1. The lowest BCUT2D eigenvalue weighted by atomic mass is 9.88. The van der Waals surface area contributed by atoms with Crippen molar-refractivity contribution in [2.24, 2.45) is 17.8 Å². The molecule has 0 bridgehead atoms. The Labute approximate surface area is 89.1 Å². The molecule has 1 aliphatic heterocycles. The Bertz CT molecular complexity index is 152. The highest BCUT2D eigenvalue weighted by Crippen LogP contribution is 2.17. The minimum Gasteiger partial charge on any atom is -0.316 e. The van der Waals surface area contributed by atoms with Gasteiger partial charge in [-0.05, 0) is 37.4 Å². The molecule has 1 atom stereocenters. The predicted molar refractivity (Wildman–Crippen MR) is 62.5 cm³/mol. The summed E-state index contributed by atoms with van der Waals surface area (Å²) in [5, 5.41) is 3.36. The molecule has 0 radical (unpaired) electrons. The first-order chi connectivity index (χ1) is 6.63. The molecular formula is C12H26N2. The Morgan fingerprint density at radius 3 is 2.21 bits per heavy atom. The van der Waals surface area contributed by atoms with Gasteiger partial charge in [0.25, 0.3) is 0 Å². The lowest BCUT2D eigenvalue weighted by Crippen LogP contribution is -2.48. The van der Waals surface area contributed by atoms with Crippen LogP contribution in [0.4, 0.5) is 0 Å². The number of rotatable bonds is 6. The maximum absolute atomic E-state index is 3.36. The summed E-state index contributed by atoms with van der Waals surface area (Å²) in [6.07, 6.45) is 0. The van der Waals surface area contributed by atoms with Crippen LogP contribution in [0.25, 0.3) is 0 Å². The summed E-state index contributed by atoms with van der Waals surface area (Å²) in [4.78, 5) is 2.59. The van der Waals surface area contributed by atoms with Gasteiger partial charge in [0.05, 0.1) is 0 Å². The first-order valence-electron chi connectivity index (χ1n) is 6.06. The smallest absolute Gasteiger partial charge is 0.00106 e. The van der Waals surface area contributed by atoms with Crippen molar-refractivity contribution in [3.63, 3.8) is 0 Å². The average Bonchev–Trinajstić information content (AvgIpc) is 1.98. The molecule has 1 fully saturated rings. The molecule has 0 aromatic rings. The Kier molecular flexibility index (Phi) is 4.90. The number of nitrogens with zero attached hydrogens (tertiary/aromatic N) is 1. The Morgan fingerprint density at radius 1 is 1.21 bits per heavy atom. The van der Waals surface area contributed by atoms with E-state index in [1.807, 2.05) is 0 Å². The number of hydrogen-bond acceptors (Lipinski definition) is 2. The molecule has 1 N–H and O–H groups in total. The second-order valence-electron chi connectivity index (χ2n) is 5.14. The van der Waals surface area contributed by atoms with Gasteiger partial charge in [0, 0.05) is 13.1 Å². The molecule has 0 aromatic carbocycles. The number of hydrogen-bond donors (Lipinski definition) is 1. The summed E-state index contributed by atoms with van der Waals surface area (Å²) >= 11 is 0. The van der Waals surface area contributed by atoms with Crippen molar-refractivity contribution < 1.29 is 0 Å². The molecule has 84 valence electrons. The van der Waals surface area contributed by atoms with Gasteiger partial charge in [-0.25, -0.2) is 0 Å². The van der Waals surface area contributed by atoms with Crippen LogP contribution < -0.4 is 5.32 Å². The normalized spacial score (nSPS) is 20.1. The van der Waals surface area contributed by atoms with E-state index >= 15 is 0 Å². The molecule has 0 aromatic heterocycles. The minimum atomic E-state index is 0.793. The van der Waals surface area contributed by atoms with Gasteiger partial charge in [0.1, 0.15) is 0 Å². The molecule has 0 spiro atoms. The van der Waals surface area contributed by atoms with E-state index < -0.39 is 0 Å². The monoisotopic (exact) mass is 198 g/mol. The zero-order chi connectivity index (χ0) is 10.6. The van der Waals surface area contributed by atoms with Crippen LogP contribution in [0.3, 0.4) is 0 Å². The van der Waals surface area contributed by atoms with E-state index in [9.17, 15) is 0 Å². The van der Waals surface area contributed by atoms with E-state index in [0.717, 1.165) is 17.8 Å². The van der Waals surface area contributed by atoms with Crippen LogP contribution in [-0.2, 0) is 0 Å². The fraction of sp³-hybridized carbons (Fsp3) is 1.00. The second kappa shape index (κ2) is 5.72. The summed E-state index contributed by atoms with van der Waals surface area (Å²) in [5.41, 5.74) is 0. The van der Waals surface area contributed by atoms with Gasteiger partial charge in [-0.15, -0.1) is 0 Å². The first-order valence-corrected chi connectivity index (χ1v) is 6.06. The Hall–Kier alpha value is -0.0800. The highest BCUT2D eigenvalue weighted by Gasteiger charge is 2.24. The van der Waals surface area contributed by atoms with Gasteiger partial charge in [0.2, 0.25) is 0 Å². The molecule has 2 heteroatoms. The molecule has 0 aliphatic carbocycles. The molecule has 1 rings (SSSR count). The highest BCUT2D eigenvalue weighted by molar-refractivity contribution is 4.81. The summed E-state index contributed by atoms with van der Waals surface area (Å²) in [5.74, 6) is 2.58. The Morgan fingerprint density at radius 2 is 1.86 bits per heavy atom. The van der Waals surface area contributed by atoms with Gasteiger partial charge < -0.3 is 10.2 Å². The van der Waals surface area contributed by atoms with E-state index in [-0.39, 0.29) is 0 Å². The van der Waals surface area contributed by atoms with Gasteiger partial charge >= 0.3 is 0 Å². The molecule has 0 saturated carbocycles. The van der Waals surface area contributed by atoms with Crippen molar-refractivity contribution in [1.82, 2.24) is 10.2 Å². The van der Waals surface area contributed by atoms with Gasteiger partial charge in [-0.1, -0.05) is 27.7 Å². The molecular weight excluding hydrogens is 172 g/mol. The van der Waals surface area contributed by atoms with Crippen molar-refractivity contribution >= 4 is 0 Å². The lowest BCUT2D eigenvalue weighted by molar-refractivity contribution is 0.160. The standard InChI is InChI=1S/C12H26N2/c1-5-14(8-10(2)3)9-11(4)12-6-13-7-12/h10-13H,5-9H2,1-4H3. The second-order valence-corrected chi connectivity index (χ2v) is 5.14. The number of nitrogens with one attached hydrogen (secondary N) is 1. The third-order valence-electron chi connectivity index (χ3n) is 3.23. The van der Waals surface area contributed by atoms with Gasteiger partial charge in [-0.2, -0.15) is 0 Å². The van der Waals surface area contributed by atoms with Crippen LogP contribution in [0.2, 0.25) is 0 Å². The lowest BCUT2D eigenvalue weighted by Gasteiger charge is -2.36. The summed E-state index contributed by atoms with van der Waals surface area (Å²) < 4.78 is 0. The van der Waals surface area contributed by atoms with Crippen molar-refractivity contribution in [2.75, 3.05) is 32.7 Å². The maximum atomic E-state index is 3.36. The zero-order valence-electron chi connectivity index (χ0n) is 10.2. The Balaban J connectivity index is 2.23. The van der Waals surface area contributed by atoms with Crippen molar-refractivity contribution in [1.29, 1.82) is 0 Å². The van der Waals surface area contributed by atoms with E-state index in [4.69, 9.17) is 0 Å². The largest absolute Gasteiger partial charge is 0.316 e. The fourth-order valence-corrected chi connectivity index (χ4v) is 2.12. The van der Waals surface area contributed by atoms with E-state index in [1.54, 1.807) is 0 Å². The van der Waals surface area contributed by atoms with Crippen LogP contribution in [0, 0.1) is 17.8 Å². The van der Waals surface area contributed by atoms with Crippen molar-refractivity contribution in [2.45, 2.75) is 27.7 Å². The predicted octanol–water partition coefficient (Wildman–Crippen LogP) is 1.82. The van der Waals surface area contributed by atoms with Crippen molar-refractivity contribution in [3.05, 3.63) is 0 Å². The molecule has 1 aliphatic rings. The van der Waals surface area contributed by atoms with Gasteiger partial charge in [-0.3, -0.25) is 0 Å². The average molecular weight is 198 g/mol. The van der Waals surface area contributed by atoms with Gasteiger partial charge in [0.15, 0.2) is 0 Å². The third kappa shape index (κ3) is 3.58. The maximum Gasteiger partial charge on any atom is 0.00106 e. The van der Waals surface area contributed by atoms with Crippen LogP contribution in [0.15, 0.2) is 0 Å². The zero-order valence-corrected chi connectivity index (χ0v) is 10.2. The summed E-state index contributed by atoms with van der Waals surface area (Å²) in [7, 11) is 0. The molecule has 1 saturated heterocycles. The summed E-state index contributed by atoms with van der Waals surface area (Å²) in [6.45, 7) is 15.5. The summed E-state index contributed by atoms with van der Waals surface area (Å²) in [6, 6.07) is 0. The van der Waals surface area contributed by atoms with E-state index in [2.05, 4.69) is 37.9 Å². The first kappa shape index (κ1) is 12.0.